The molecule has 0 aliphatic rings. The maximum atomic E-state index is 12.9. The molecule has 0 radical (unpaired) electrons. The number of amides is 4. The number of carbonyl (C=O) groups excluding carboxylic acids is 4. The Morgan fingerprint density at radius 2 is 1.62 bits per heavy atom. The minimum absolute atomic E-state index is 0.0689. The second-order valence-corrected chi connectivity index (χ2v) is 7.52. The summed E-state index contributed by atoms with van der Waals surface area (Å²) in [7, 11) is 3.07. The van der Waals surface area contributed by atoms with Crippen molar-refractivity contribution in [2.45, 2.75) is 44.2 Å². The summed E-state index contributed by atoms with van der Waals surface area (Å²) in [6.07, 6.45) is 1.05. The van der Waals surface area contributed by atoms with E-state index in [1.54, 1.807) is 0 Å². The van der Waals surface area contributed by atoms with E-state index < -0.39 is 29.8 Å². The zero-order valence-electron chi connectivity index (χ0n) is 18.5. The fraction of sp³-hybridized carbons (Fsp3) is 0.476. The summed E-state index contributed by atoms with van der Waals surface area (Å²) in [6.45, 7) is 0.281. The number of hydrogen-bond acceptors (Lipinski definition) is 5. The van der Waals surface area contributed by atoms with Crippen molar-refractivity contribution in [2.24, 2.45) is 22.2 Å². The molecule has 0 aromatic heterocycles. The van der Waals surface area contributed by atoms with E-state index in [1.165, 1.54) is 19.0 Å². The number of benzene rings is 1. The lowest BCUT2D eigenvalue weighted by Gasteiger charge is -2.22. The Hall–Kier alpha value is -3.63. The maximum absolute atomic E-state index is 12.9. The molecule has 0 bridgehead atoms. The van der Waals surface area contributed by atoms with Gasteiger partial charge in [0.2, 0.25) is 23.6 Å². The third-order valence-corrected chi connectivity index (χ3v) is 4.63. The Kier molecular flexibility index (Phi) is 11.2. The second kappa shape index (κ2) is 13.6. The molecule has 0 spiro atoms. The third kappa shape index (κ3) is 10.4. The van der Waals surface area contributed by atoms with Gasteiger partial charge in [0.05, 0.1) is 0 Å². The van der Waals surface area contributed by atoms with Crippen LogP contribution in [0.1, 0.15) is 31.2 Å². The smallest absolute Gasteiger partial charge is 0.243 e. The van der Waals surface area contributed by atoms with Crippen LogP contribution in [-0.2, 0) is 25.6 Å². The van der Waals surface area contributed by atoms with Crippen LogP contribution in [0.5, 0.6) is 0 Å². The lowest BCUT2D eigenvalue weighted by molar-refractivity contribution is -0.136. The van der Waals surface area contributed by atoms with E-state index in [9.17, 15) is 19.2 Å². The summed E-state index contributed by atoms with van der Waals surface area (Å²) in [6, 6.07) is 7.54. The monoisotopic (exact) mass is 447 g/mol. The molecule has 0 saturated heterocycles. The van der Waals surface area contributed by atoms with Crippen molar-refractivity contribution in [2.75, 3.05) is 20.6 Å². The predicted octanol–water partition coefficient (Wildman–Crippen LogP) is -1.39. The maximum Gasteiger partial charge on any atom is 0.243 e. The van der Waals surface area contributed by atoms with Gasteiger partial charge in [0.15, 0.2) is 5.96 Å². The zero-order valence-corrected chi connectivity index (χ0v) is 18.5. The lowest BCUT2D eigenvalue weighted by atomic mass is 10.0. The lowest BCUT2D eigenvalue weighted by Crippen LogP contribution is -2.53. The second-order valence-electron chi connectivity index (χ2n) is 7.52. The van der Waals surface area contributed by atoms with Gasteiger partial charge in [-0.3, -0.25) is 24.2 Å². The van der Waals surface area contributed by atoms with E-state index in [-0.39, 0.29) is 37.7 Å². The molecule has 176 valence electrons. The van der Waals surface area contributed by atoms with Crippen molar-refractivity contribution >= 4 is 29.6 Å². The molecule has 0 heterocycles. The molecule has 1 rings (SSSR count). The molecular weight excluding hydrogens is 414 g/mol. The van der Waals surface area contributed by atoms with Crippen molar-refractivity contribution in [1.29, 1.82) is 0 Å². The fourth-order valence-corrected chi connectivity index (χ4v) is 2.83. The Morgan fingerprint density at radius 3 is 2.19 bits per heavy atom. The van der Waals surface area contributed by atoms with Crippen LogP contribution in [0.4, 0.5) is 0 Å². The van der Waals surface area contributed by atoms with Crippen molar-refractivity contribution in [3.05, 3.63) is 35.9 Å². The molecule has 11 heteroatoms. The SMILES string of the molecule is CN(C)C(=O)CC(=O)N[C@@H](CCc1ccccc1)C(=O)N[C@@H](CCCN=C(N)N)C(N)=O. The van der Waals surface area contributed by atoms with E-state index in [4.69, 9.17) is 17.2 Å². The molecule has 0 unspecified atom stereocenters. The van der Waals surface area contributed by atoms with Gasteiger partial charge in [0.1, 0.15) is 18.5 Å². The van der Waals surface area contributed by atoms with Gasteiger partial charge in [-0.25, -0.2) is 0 Å². The molecule has 1 aromatic carbocycles. The highest BCUT2D eigenvalue weighted by Gasteiger charge is 2.26. The Morgan fingerprint density at radius 1 is 0.969 bits per heavy atom. The largest absolute Gasteiger partial charge is 0.370 e. The first-order chi connectivity index (χ1) is 15.1. The first-order valence-electron chi connectivity index (χ1n) is 10.3. The molecular formula is C21H33N7O4. The number of aryl methyl sites for hydroxylation is 1. The quantitative estimate of drug-likeness (QED) is 0.107. The number of aliphatic imine (C=N–C) groups is 1. The average Bonchev–Trinajstić information content (AvgIpc) is 2.73. The molecule has 8 N–H and O–H groups in total. The molecule has 0 saturated carbocycles. The minimum atomic E-state index is -0.948. The molecule has 2 atom stereocenters. The first-order valence-corrected chi connectivity index (χ1v) is 10.3. The van der Waals surface area contributed by atoms with Crippen molar-refractivity contribution in [3.63, 3.8) is 0 Å². The van der Waals surface area contributed by atoms with Gasteiger partial charge in [0.25, 0.3) is 0 Å². The highest BCUT2D eigenvalue weighted by atomic mass is 16.2. The molecule has 1 aromatic rings. The average molecular weight is 448 g/mol. The Bertz CT molecular complexity index is 808. The van der Waals surface area contributed by atoms with Gasteiger partial charge >= 0.3 is 0 Å². The Balaban J connectivity index is 2.83. The minimum Gasteiger partial charge on any atom is -0.370 e. The van der Waals surface area contributed by atoms with E-state index in [2.05, 4.69) is 15.6 Å². The predicted molar refractivity (Wildman–Crippen MR) is 121 cm³/mol. The van der Waals surface area contributed by atoms with Gasteiger partial charge < -0.3 is 32.7 Å². The van der Waals surface area contributed by atoms with Gasteiger partial charge in [0, 0.05) is 20.6 Å². The molecule has 0 aliphatic carbocycles. The number of nitrogens with one attached hydrogen (secondary N) is 2. The third-order valence-electron chi connectivity index (χ3n) is 4.63. The highest BCUT2D eigenvalue weighted by molar-refractivity contribution is 5.99. The van der Waals surface area contributed by atoms with E-state index in [0.29, 0.717) is 12.8 Å². The van der Waals surface area contributed by atoms with Crippen molar-refractivity contribution in [3.8, 4) is 0 Å². The van der Waals surface area contributed by atoms with Crippen LogP contribution in [0.15, 0.2) is 35.3 Å². The van der Waals surface area contributed by atoms with E-state index in [0.717, 1.165) is 5.56 Å². The molecule has 0 aliphatic heterocycles. The Labute approximate surface area is 187 Å². The zero-order chi connectivity index (χ0) is 24.1. The number of rotatable bonds is 13. The summed E-state index contributed by atoms with van der Waals surface area (Å²) in [5, 5.41) is 5.18. The van der Waals surface area contributed by atoms with Gasteiger partial charge in [-0.1, -0.05) is 30.3 Å². The molecule has 4 amide bonds. The number of nitrogens with zero attached hydrogens (tertiary/aromatic N) is 2. The van der Waals surface area contributed by atoms with Crippen LogP contribution in [0.2, 0.25) is 0 Å². The van der Waals surface area contributed by atoms with Gasteiger partial charge in [-0.15, -0.1) is 0 Å². The van der Waals surface area contributed by atoms with Crippen LogP contribution < -0.4 is 27.8 Å². The van der Waals surface area contributed by atoms with E-state index >= 15 is 0 Å². The fourth-order valence-electron chi connectivity index (χ4n) is 2.83. The first kappa shape index (κ1) is 26.4. The number of carbonyl (C=O) groups is 4. The van der Waals surface area contributed by atoms with Crippen LogP contribution in [0, 0.1) is 0 Å². The van der Waals surface area contributed by atoms with Crippen LogP contribution in [0.25, 0.3) is 0 Å². The summed E-state index contributed by atoms with van der Waals surface area (Å²) < 4.78 is 0. The van der Waals surface area contributed by atoms with Crippen LogP contribution >= 0.6 is 0 Å². The van der Waals surface area contributed by atoms with Gasteiger partial charge in [-0.2, -0.15) is 0 Å². The number of nitrogens with two attached hydrogens (primary N) is 3. The summed E-state index contributed by atoms with van der Waals surface area (Å²) in [5.41, 5.74) is 16.9. The standard InChI is InChI=1S/C21H33N7O4/c1-28(2)18(30)13-17(29)26-16(11-10-14-7-4-3-5-8-14)20(32)27-15(19(22)31)9-6-12-25-21(23)24/h3-5,7-8,15-16H,6,9-13H2,1-2H3,(H2,22,31)(H,26,29)(H,27,32)(H4,23,24,25)/t15-,16-/m0/s1. The van der Waals surface area contributed by atoms with E-state index in [1.807, 2.05) is 30.3 Å². The highest BCUT2D eigenvalue weighted by Crippen LogP contribution is 2.07. The summed E-state index contributed by atoms with van der Waals surface area (Å²) in [5.74, 6) is -2.31. The number of guanidine groups is 1. The van der Waals surface area contributed by atoms with Crippen molar-refractivity contribution < 1.29 is 19.2 Å². The normalized spacial score (nSPS) is 12.2. The van der Waals surface area contributed by atoms with Gasteiger partial charge in [-0.05, 0) is 31.2 Å². The summed E-state index contributed by atoms with van der Waals surface area (Å²) >= 11 is 0. The van der Waals surface area contributed by atoms with Crippen molar-refractivity contribution in [1.82, 2.24) is 15.5 Å². The molecule has 11 nitrogen and oxygen atoms in total. The number of primary amides is 1. The van der Waals surface area contributed by atoms with Crippen LogP contribution in [0.3, 0.4) is 0 Å². The number of hydrogen-bond donors (Lipinski definition) is 5. The van der Waals surface area contributed by atoms with Crippen LogP contribution in [-0.4, -0.2) is 67.2 Å². The molecule has 0 fully saturated rings. The topological polar surface area (TPSA) is 186 Å². The molecule has 32 heavy (non-hydrogen) atoms. The summed E-state index contributed by atoms with van der Waals surface area (Å²) in [4.78, 5) is 53.9.